The number of para-hydroxylation sites is 1. The second-order valence-electron chi connectivity index (χ2n) is 6.43. The lowest BCUT2D eigenvalue weighted by atomic mass is 10.0. The summed E-state index contributed by atoms with van der Waals surface area (Å²) in [6, 6.07) is 9.52. The molecule has 1 unspecified atom stereocenters. The Morgan fingerprint density at radius 1 is 1.24 bits per heavy atom. The van der Waals surface area contributed by atoms with Gasteiger partial charge in [0.15, 0.2) is 0 Å². The largest absolute Gasteiger partial charge is 0.496 e. The van der Waals surface area contributed by atoms with Gasteiger partial charge in [0, 0.05) is 30.7 Å². The first-order valence-electron chi connectivity index (χ1n) is 8.26. The molecule has 1 atom stereocenters. The lowest BCUT2D eigenvalue weighted by Crippen LogP contribution is -2.38. The van der Waals surface area contributed by atoms with Crippen molar-refractivity contribution in [2.75, 3.05) is 26.7 Å². The molecule has 3 heteroatoms. The normalized spacial score (nSPS) is 16.5. The summed E-state index contributed by atoms with van der Waals surface area (Å²) < 4.78 is 5.55. The molecule has 0 amide bonds. The van der Waals surface area contributed by atoms with E-state index < -0.39 is 0 Å². The molecule has 1 N–H and O–H groups in total. The Labute approximate surface area is 129 Å². The quantitative estimate of drug-likeness (QED) is 0.753. The highest BCUT2D eigenvalue weighted by atomic mass is 16.5. The average Bonchev–Trinajstić information content (AvgIpc) is 3.30. The number of methoxy groups -OCH3 is 1. The number of ether oxygens (including phenoxy) is 1. The first-order valence-corrected chi connectivity index (χ1v) is 8.26. The highest BCUT2D eigenvalue weighted by molar-refractivity contribution is 5.36. The van der Waals surface area contributed by atoms with E-state index >= 15 is 0 Å². The monoisotopic (exact) mass is 290 g/mol. The predicted octanol–water partition coefficient (Wildman–Crippen LogP) is 3.47. The highest BCUT2D eigenvalue weighted by Gasteiger charge is 2.31. The highest BCUT2D eigenvalue weighted by Crippen LogP contribution is 2.31. The molecular weight excluding hydrogens is 260 g/mol. The molecule has 0 radical (unpaired) electrons. The summed E-state index contributed by atoms with van der Waals surface area (Å²) in [6.45, 7) is 10.0. The number of nitrogens with one attached hydrogen (secondary N) is 1. The minimum atomic E-state index is 0.338. The van der Waals surface area contributed by atoms with Crippen molar-refractivity contribution in [1.82, 2.24) is 10.2 Å². The van der Waals surface area contributed by atoms with Crippen molar-refractivity contribution in [3.05, 3.63) is 29.8 Å². The third kappa shape index (κ3) is 4.72. The van der Waals surface area contributed by atoms with Gasteiger partial charge < -0.3 is 10.1 Å². The van der Waals surface area contributed by atoms with Crippen LogP contribution in [0.3, 0.4) is 0 Å². The Balaban J connectivity index is 2.13. The second kappa shape index (κ2) is 7.81. The molecule has 21 heavy (non-hydrogen) atoms. The molecule has 1 aromatic rings. The molecule has 118 valence electrons. The zero-order valence-electron chi connectivity index (χ0n) is 13.9. The Kier molecular flexibility index (Phi) is 6.07. The maximum absolute atomic E-state index is 5.55. The van der Waals surface area contributed by atoms with Gasteiger partial charge in [-0.1, -0.05) is 39.0 Å². The maximum atomic E-state index is 5.55. The molecule has 3 nitrogen and oxygen atoms in total. The van der Waals surface area contributed by atoms with Gasteiger partial charge in [0.05, 0.1) is 7.11 Å². The Morgan fingerprint density at radius 3 is 2.52 bits per heavy atom. The van der Waals surface area contributed by atoms with Gasteiger partial charge in [-0.2, -0.15) is 0 Å². The van der Waals surface area contributed by atoms with E-state index in [-0.39, 0.29) is 0 Å². The van der Waals surface area contributed by atoms with Crippen molar-refractivity contribution in [2.24, 2.45) is 5.92 Å². The smallest absolute Gasteiger partial charge is 0.123 e. The van der Waals surface area contributed by atoms with Crippen LogP contribution >= 0.6 is 0 Å². The molecule has 1 fully saturated rings. The summed E-state index contributed by atoms with van der Waals surface area (Å²) >= 11 is 0. The van der Waals surface area contributed by atoms with Crippen molar-refractivity contribution in [1.29, 1.82) is 0 Å². The lowest BCUT2D eigenvalue weighted by Gasteiger charge is -2.30. The van der Waals surface area contributed by atoms with E-state index in [2.05, 4.69) is 49.2 Å². The molecular formula is C18H30N2O. The topological polar surface area (TPSA) is 24.5 Å². The molecule has 0 bridgehead atoms. The van der Waals surface area contributed by atoms with Gasteiger partial charge in [0.1, 0.15) is 5.75 Å². The molecule has 0 spiro atoms. The summed E-state index contributed by atoms with van der Waals surface area (Å²) in [5.74, 6) is 1.70. The predicted molar refractivity (Wildman–Crippen MR) is 88.8 cm³/mol. The number of benzene rings is 1. The third-order valence-corrected chi connectivity index (χ3v) is 4.04. The van der Waals surface area contributed by atoms with Gasteiger partial charge in [0.25, 0.3) is 0 Å². The van der Waals surface area contributed by atoms with Crippen LogP contribution in [0, 0.1) is 5.92 Å². The lowest BCUT2D eigenvalue weighted by molar-refractivity contribution is 0.208. The number of nitrogens with zero attached hydrogens (tertiary/aromatic N) is 1. The van der Waals surface area contributed by atoms with E-state index in [1.807, 2.05) is 6.07 Å². The van der Waals surface area contributed by atoms with Gasteiger partial charge in [-0.25, -0.2) is 0 Å². The Morgan fingerprint density at radius 2 is 1.95 bits per heavy atom. The number of likely N-dealkylation sites (N-methyl/N-ethyl adjacent to an activating group) is 1. The van der Waals surface area contributed by atoms with Crippen LogP contribution in [0.2, 0.25) is 0 Å². The van der Waals surface area contributed by atoms with E-state index in [9.17, 15) is 0 Å². The van der Waals surface area contributed by atoms with E-state index in [0.29, 0.717) is 12.0 Å². The van der Waals surface area contributed by atoms with Gasteiger partial charge in [-0.05, 0) is 31.4 Å². The van der Waals surface area contributed by atoms with Gasteiger partial charge in [-0.3, -0.25) is 4.90 Å². The summed E-state index contributed by atoms with van der Waals surface area (Å²) in [5.41, 5.74) is 1.27. The van der Waals surface area contributed by atoms with Crippen LogP contribution in [0.4, 0.5) is 0 Å². The van der Waals surface area contributed by atoms with Gasteiger partial charge in [0.2, 0.25) is 0 Å². The summed E-state index contributed by atoms with van der Waals surface area (Å²) in [6.07, 6.45) is 2.72. The molecule has 0 aliphatic heterocycles. The second-order valence-corrected chi connectivity index (χ2v) is 6.43. The van der Waals surface area contributed by atoms with Crippen LogP contribution < -0.4 is 10.1 Å². The third-order valence-electron chi connectivity index (χ3n) is 4.04. The average molecular weight is 290 g/mol. The van der Waals surface area contributed by atoms with Crippen molar-refractivity contribution in [3.63, 3.8) is 0 Å². The number of hydrogen-bond acceptors (Lipinski definition) is 3. The fourth-order valence-electron chi connectivity index (χ4n) is 2.99. The van der Waals surface area contributed by atoms with E-state index in [1.165, 1.54) is 24.9 Å². The zero-order valence-corrected chi connectivity index (χ0v) is 13.9. The van der Waals surface area contributed by atoms with Crippen LogP contribution in [0.25, 0.3) is 0 Å². The molecule has 2 rings (SSSR count). The van der Waals surface area contributed by atoms with E-state index in [1.54, 1.807) is 7.11 Å². The SMILES string of the molecule is CCNC(CN(CC(C)C)C1CC1)c1ccccc1OC. The van der Waals surface area contributed by atoms with Gasteiger partial charge >= 0.3 is 0 Å². The molecule has 0 aromatic heterocycles. The fourth-order valence-corrected chi connectivity index (χ4v) is 2.99. The Bertz CT molecular complexity index is 429. The van der Waals surface area contributed by atoms with Crippen LogP contribution in [0.5, 0.6) is 5.75 Å². The van der Waals surface area contributed by atoms with Gasteiger partial charge in [-0.15, -0.1) is 0 Å². The van der Waals surface area contributed by atoms with Crippen molar-refractivity contribution in [2.45, 2.75) is 45.7 Å². The Hall–Kier alpha value is -1.06. The molecule has 1 aromatic carbocycles. The first-order chi connectivity index (χ1) is 10.2. The number of hydrogen-bond donors (Lipinski definition) is 1. The molecule has 0 heterocycles. The number of rotatable bonds is 9. The van der Waals surface area contributed by atoms with Crippen molar-refractivity contribution >= 4 is 0 Å². The summed E-state index contributed by atoms with van der Waals surface area (Å²) in [4.78, 5) is 2.66. The molecule has 0 saturated heterocycles. The van der Waals surface area contributed by atoms with E-state index in [0.717, 1.165) is 24.9 Å². The fraction of sp³-hybridized carbons (Fsp3) is 0.667. The summed E-state index contributed by atoms with van der Waals surface area (Å²) in [7, 11) is 1.76. The van der Waals surface area contributed by atoms with Crippen molar-refractivity contribution in [3.8, 4) is 5.75 Å². The van der Waals surface area contributed by atoms with E-state index in [4.69, 9.17) is 4.74 Å². The van der Waals surface area contributed by atoms with Crippen LogP contribution in [0.1, 0.15) is 45.2 Å². The van der Waals surface area contributed by atoms with Crippen LogP contribution in [-0.2, 0) is 0 Å². The minimum Gasteiger partial charge on any atom is -0.496 e. The van der Waals surface area contributed by atoms with Crippen molar-refractivity contribution < 1.29 is 4.74 Å². The zero-order chi connectivity index (χ0) is 15.2. The standard InChI is InChI=1S/C18H30N2O/c1-5-19-17(16-8-6-7-9-18(16)21-4)13-20(12-14(2)3)15-10-11-15/h6-9,14-15,17,19H,5,10-13H2,1-4H3. The molecule has 1 aliphatic carbocycles. The van der Waals surface area contributed by atoms with Crippen LogP contribution in [-0.4, -0.2) is 37.7 Å². The minimum absolute atomic E-state index is 0.338. The molecule has 1 saturated carbocycles. The first kappa shape index (κ1) is 16.3. The van der Waals surface area contributed by atoms with Crippen LogP contribution in [0.15, 0.2) is 24.3 Å². The maximum Gasteiger partial charge on any atom is 0.123 e. The molecule has 1 aliphatic rings. The summed E-state index contributed by atoms with van der Waals surface area (Å²) in [5, 5.41) is 3.64.